The van der Waals surface area contributed by atoms with Gasteiger partial charge in [0.25, 0.3) is 0 Å². The number of aromatic hydroxyl groups is 1. The van der Waals surface area contributed by atoms with E-state index >= 15 is 0 Å². The largest absolute Gasteiger partial charge is 0.508 e. The number of benzene rings is 3. The number of hydrogen-bond donors (Lipinski definition) is 2. The molecule has 26 heavy (non-hydrogen) atoms. The fourth-order valence-electron chi connectivity index (χ4n) is 2.86. The van der Waals surface area contributed by atoms with Gasteiger partial charge in [-0.2, -0.15) is 0 Å². The van der Waals surface area contributed by atoms with E-state index < -0.39 is 11.9 Å². The highest BCUT2D eigenvalue weighted by Gasteiger charge is 2.22. The van der Waals surface area contributed by atoms with Crippen LogP contribution in [0.1, 0.15) is 22.6 Å². The third-order valence-corrected chi connectivity index (χ3v) is 4.20. The molecule has 1 unspecified atom stereocenters. The Hall–Kier alpha value is -3.27. The van der Waals surface area contributed by atoms with E-state index in [-0.39, 0.29) is 12.2 Å². The molecule has 0 aliphatic carbocycles. The molecule has 132 valence electrons. The number of carbonyl (C=O) groups is 1. The van der Waals surface area contributed by atoms with Crippen molar-refractivity contribution < 1.29 is 19.7 Å². The molecule has 3 aromatic carbocycles. The summed E-state index contributed by atoms with van der Waals surface area (Å²) in [7, 11) is 0. The molecule has 0 aliphatic rings. The van der Waals surface area contributed by atoms with E-state index in [0.717, 1.165) is 11.1 Å². The minimum atomic E-state index is -0.937. The van der Waals surface area contributed by atoms with Crippen molar-refractivity contribution in [2.24, 2.45) is 0 Å². The van der Waals surface area contributed by atoms with Gasteiger partial charge in [-0.3, -0.25) is 4.79 Å². The molecule has 4 nitrogen and oxygen atoms in total. The van der Waals surface area contributed by atoms with Gasteiger partial charge in [-0.25, -0.2) is 0 Å². The molecule has 0 radical (unpaired) electrons. The molecular weight excluding hydrogens is 328 g/mol. The number of phenols is 1. The predicted octanol–water partition coefficient (Wildman–Crippen LogP) is 4.38. The molecule has 0 aliphatic heterocycles. The van der Waals surface area contributed by atoms with Crippen molar-refractivity contribution in [3.05, 3.63) is 95.6 Å². The van der Waals surface area contributed by atoms with Crippen molar-refractivity contribution in [3.63, 3.8) is 0 Å². The number of rotatable bonds is 7. The minimum absolute atomic E-state index is 0.0577. The first-order valence-corrected chi connectivity index (χ1v) is 8.40. The maximum atomic E-state index is 11.8. The number of phenolic OH excluding ortho intramolecular Hbond substituents is 1. The molecule has 3 rings (SSSR count). The number of carboxylic acid groups (broad SMARTS) is 1. The van der Waals surface area contributed by atoms with Crippen LogP contribution in [-0.4, -0.2) is 16.2 Å². The molecule has 0 aromatic heterocycles. The number of aliphatic carboxylic acids is 1. The molecule has 0 saturated carbocycles. The number of para-hydroxylation sites is 1. The Bertz CT molecular complexity index is 874. The predicted molar refractivity (Wildman–Crippen MR) is 99.4 cm³/mol. The number of ether oxygens (including phenoxy) is 1. The average molecular weight is 348 g/mol. The maximum Gasteiger partial charge on any atom is 0.311 e. The first kappa shape index (κ1) is 17.5. The van der Waals surface area contributed by atoms with Gasteiger partial charge in [-0.1, -0.05) is 60.7 Å². The van der Waals surface area contributed by atoms with E-state index in [1.165, 1.54) is 12.1 Å². The lowest BCUT2D eigenvalue weighted by atomic mass is 9.91. The van der Waals surface area contributed by atoms with E-state index in [2.05, 4.69) is 0 Å². The van der Waals surface area contributed by atoms with Crippen molar-refractivity contribution in [3.8, 4) is 11.5 Å². The molecule has 0 bridgehead atoms. The Balaban J connectivity index is 1.80. The Morgan fingerprint density at radius 3 is 2.38 bits per heavy atom. The summed E-state index contributed by atoms with van der Waals surface area (Å²) in [6, 6.07) is 23.7. The first-order chi connectivity index (χ1) is 12.6. The summed E-state index contributed by atoms with van der Waals surface area (Å²) in [6.07, 6.45) is 0.281. The normalized spacial score (nSPS) is 11.7. The van der Waals surface area contributed by atoms with Crippen LogP contribution in [0, 0.1) is 0 Å². The zero-order valence-electron chi connectivity index (χ0n) is 14.2. The Morgan fingerprint density at radius 1 is 0.923 bits per heavy atom. The zero-order valence-corrected chi connectivity index (χ0v) is 14.2. The Morgan fingerprint density at radius 2 is 1.65 bits per heavy atom. The average Bonchev–Trinajstić information content (AvgIpc) is 2.65. The highest BCUT2D eigenvalue weighted by Crippen LogP contribution is 2.29. The minimum Gasteiger partial charge on any atom is -0.508 e. The zero-order chi connectivity index (χ0) is 18.4. The molecule has 4 heteroatoms. The summed E-state index contributed by atoms with van der Waals surface area (Å²) >= 11 is 0. The van der Waals surface area contributed by atoms with Crippen molar-refractivity contribution in [1.82, 2.24) is 0 Å². The fraction of sp³-hybridized carbons (Fsp3) is 0.136. The van der Waals surface area contributed by atoms with E-state index in [1.807, 2.05) is 54.6 Å². The van der Waals surface area contributed by atoms with Crippen LogP contribution in [0.4, 0.5) is 0 Å². The van der Waals surface area contributed by atoms with Crippen LogP contribution < -0.4 is 4.74 Å². The third-order valence-electron chi connectivity index (χ3n) is 4.20. The van der Waals surface area contributed by atoms with Crippen LogP contribution in [0.25, 0.3) is 0 Å². The summed E-state index contributed by atoms with van der Waals surface area (Å²) in [5.41, 5.74) is 2.43. The molecule has 0 amide bonds. The Labute approximate surface area is 152 Å². The van der Waals surface area contributed by atoms with Gasteiger partial charge in [0, 0.05) is 0 Å². The number of carboxylic acids is 1. The molecule has 2 N–H and O–H groups in total. The smallest absolute Gasteiger partial charge is 0.311 e. The number of hydrogen-bond acceptors (Lipinski definition) is 3. The first-order valence-electron chi connectivity index (χ1n) is 8.40. The van der Waals surface area contributed by atoms with Crippen LogP contribution in [0.2, 0.25) is 0 Å². The second kappa shape index (κ2) is 8.21. The topological polar surface area (TPSA) is 66.8 Å². The van der Waals surface area contributed by atoms with Gasteiger partial charge in [0.1, 0.15) is 18.1 Å². The molecule has 0 spiro atoms. The van der Waals surface area contributed by atoms with Gasteiger partial charge < -0.3 is 14.9 Å². The van der Waals surface area contributed by atoms with E-state index in [9.17, 15) is 15.0 Å². The second-order valence-electron chi connectivity index (χ2n) is 6.07. The van der Waals surface area contributed by atoms with Crippen LogP contribution in [0.3, 0.4) is 0 Å². The highest BCUT2D eigenvalue weighted by atomic mass is 16.5. The van der Waals surface area contributed by atoms with Crippen LogP contribution >= 0.6 is 0 Å². The summed E-state index contributed by atoms with van der Waals surface area (Å²) in [6.45, 7) is 0.418. The van der Waals surface area contributed by atoms with Crippen LogP contribution in [-0.2, 0) is 17.8 Å². The summed E-state index contributed by atoms with van der Waals surface area (Å²) < 4.78 is 5.92. The lowest BCUT2D eigenvalue weighted by Crippen LogP contribution is -2.15. The molecular formula is C22H20O4. The lowest BCUT2D eigenvalue weighted by molar-refractivity contribution is -0.138. The van der Waals surface area contributed by atoms with E-state index in [1.54, 1.807) is 12.1 Å². The van der Waals surface area contributed by atoms with Gasteiger partial charge in [0.2, 0.25) is 0 Å². The van der Waals surface area contributed by atoms with E-state index in [0.29, 0.717) is 17.9 Å². The van der Waals surface area contributed by atoms with Gasteiger partial charge in [0.05, 0.1) is 5.92 Å². The van der Waals surface area contributed by atoms with Crippen LogP contribution in [0.15, 0.2) is 78.9 Å². The molecule has 0 saturated heterocycles. The Kier molecular flexibility index (Phi) is 5.54. The fourth-order valence-corrected chi connectivity index (χ4v) is 2.86. The third kappa shape index (κ3) is 4.42. The van der Waals surface area contributed by atoms with Crippen molar-refractivity contribution in [1.29, 1.82) is 0 Å². The van der Waals surface area contributed by atoms with E-state index in [4.69, 9.17) is 4.74 Å². The standard InChI is InChI=1S/C22H20O4/c23-19-11-6-10-17(13-19)20(22(24)25)14-18-9-4-5-12-21(18)26-15-16-7-2-1-3-8-16/h1-13,20,23H,14-15H2,(H,24,25). The molecule has 1 atom stereocenters. The van der Waals surface area contributed by atoms with Crippen LogP contribution in [0.5, 0.6) is 11.5 Å². The summed E-state index contributed by atoms with van der Waals surface area (Å²) in [4.78, 5) is 11.8. The quantitative estimate of drug-likeness (QED) is 0.665. The summed E-state index contributed by atoms with van der Waals surface area (Å²) in [5.74, 6) is -0.970. The lowest BCUT2D eigenvalue weighted by Gasteiger charge is -2.16. The summed E-state index contributed by atoms with van der Waals surface area (Å²) in [5, 5.41) is 19.3. The molecule has 0 heterocycles. The molecule has 0 fully saturated rings. The molecule has 3 aromatic rings. The van der Waals surface area contributed by atoms with Gasteiger partial charge in [-0.05, 0) is 41.3 Å². The SMILES string of the molecule is O=C(O)C(Cc1ccccc1OCc1ccccc1)c1cccc(O)c1. The van der Waals surface area contributed by atoms with Crippen molar-refractivity contribution in [2.75, 3.05) is 0 Å². The van der Waals surface area contributed by atoms with Crippen molar-refractivity contribution in [2.45, 2.75) is 18.9 Å². The van der Waals surface area contributed by atoms with Gasteiger partial charge in [-0.15, -0.1) is 0 Å². The van der Waals surface area contributed by atoms with Gasteiger partial charge in [0.15, 0.2) is 0 Å². The van der Waals surface area contributed by atoms with Crippen molar-refractivity contribution >= 4 is 5.97 Å². The maximum absolute atomic E-state index is 11.8. The van der Waals surface area contributed by atoms with Gasteiger partial charge >= 0.3 is 5.97 Å². The second-order valence-corrected chi connectivity index (χ2v) is 6.07. The monoisotopic (exact) mass is 348 g/mol. The highest BCUT2D eigenvalue weighted by molar-refractivity contribution is 5.77.